The van der Waals surface area contributed by atoms with Gasteiger partial charge in [-0.3, -0.25) is 9.11 Å². The number of anilines is 2. The molecule has 0 bridgehead atoms. The molecule has 0 saturated carbocycles. The molecule has 0 amide bonds. The zero-order valence-corrected chi connectivity index (χ0v) is 15.3. The normalized spacial score (nSPS) is 13.2. The van der Waals surface area contributed by atoms with Crippen LogP contribution < -0.4 is 11.1 Å². The van der Waals surface area contributed by atoms with Gasteiger partial charge in [-0.05, 0) is 28.1 Å². The molecule has 12 heteroatoms. The lowest BCUT2D eigenvalue weighted by Gasteiger charge is -2.29. The molecule has 0 fully saturated rings. The maximum absolute atomic E-state index is 11.5. The van der Waals surface area contributed by atoms with Crippen molar-refractivity contribution in [3.63, 3.8) is 0 Å². The minimum absolute atomic E-state index is 0.00127. The van der Waals surface area contributed by atoms with Crippen LogP contribution in [0.25, 0.3) is 0 Å². The van der Waals surface area contributed by atoms with Gasteiger partial charge < -0.3 is 11.1 Å². The Kier molecular flexibility index (Phi) is 5.33. The van der Waals surface area contributed by atoms with Gasteiger partial charge in [-0.15, -0.1) is 0 Å². The van der Waals surface area contributed by atoms with Gasteiger partial charge in [0.15, 0.2) is 0 Å². The molecule has 0 aliphatic heterocycles. The summed E-state index contributed by atoms with van der Waals surface area (Å²) in [6, 6.07) is 2.87. The van der Waals surface area contributed by atoms with E-state index in [-0.39, 0.29) is 15.8 Å². The molecule has 0 atom stereocenters. The maximum atomic E-state index is 11.5. The number of hydrogen-bond acceptors (Lipinski definition) is 6. The Morgan fingerprint density at radius 3 is 2.00 bits per heavy atom. The van der Waals surface area contributed by atoms with Crippen molar-refractivity contribution in [1.29, 1.82) is 0 Å². The van der Waals surface area contributed by atoms with Crippen LogP contribution in [0.15, 0.2) is 21.1 Å². The van der Waals surface area contributed by atoms with Crippen LogP contribution in [0.1, 0.15) is 13.3 Å². The summed E-state index contributed by atoms with van der Waals surface area (Å²) in [5, 5.41) is 2.12. The van der Waals surface area contributed by atoms with Gasteiger partial charge >= 0.3 is 20.2 Å². The van der Waals surface area contributed by atoms with Gasteiger partial charge in [0.05, 0.1) is 11.4 Å². The maximum Gasteiger partial charge on any atom is 0.306 e. The van der Waals surface area contributed by atoms with E-state index in [9.17, 15) is 25.9 Å². The van der Waals surface area contributed by atoms with Crippen LogP contribution in [0, 0.1) is 0 Å². The summed E-state index contributed by atoms with van der Waals surface area (Å²) in [5.74, 6) is 0. The first kappa shape index (κ1) is 18.6. The topological polar surface area (TPSA) is 147 Å². The lowest BCUT2D eigenvalue weighted by molar-refractivity contribution is 0.428. The SMILES string of the molecule is CCC(Nc1c(N)cc(Br)cc1Br)(S(=O)(=O)O)S(=O)(=O)O. The van der Waals surface area contributed by atoms with Crippen molar-refractivity contribution >= 4 is 63.5 Å². The van der Waals surface area contributed by atoms with Crippen molar-refractivity contribution in [3.8, 4) is 0 Å². The van der Waals surface area contributed by atoms with E-state index in [1.807, 2.05) is 0 Å². The van der Waals surface area contributed by atoms with Crippen LogP contribution in [-0.4, -0.2) is 30.1 Å². The molecule has 0 radical (unpaired) electrons. The molecule has 1 aromatic carbocycles. The molecule has 8 nitrogen and oxygen atoms in total. The molecule has 0 spiro atoms. The molecular weight excluding hydrogens is 456 g/mol. The van der Waals surface area contributed by atoms with Crippen molar-refractivity contribution in [2.75, 3.05) is 11.1 Å². The number of benzene rings is 1. The lowest BCUT2D eigenvalue weighted by Crippen LogP contribution is -2.52. The van der Waals surface area contributed by atoms with E-state index in [2.05, 4.69) is 37.2 Å². The van der Waals surface area contributed by atoms with Crippen molar-refractivity contribution in [2.24, 2.45) is 0 Å². The molecular formula is C9H12Br2N2O6S2. The minimum Gasteiger partial charge on any atom is -0.397 e. The summed E-state index contributed by atoms with van der Waals surface area (Å²) < 4.78 is 62.4. The number of nitrogen functional groups attached to an aromatic ring is 1. The smallest absolute Gasteiger partial charge is 0.306 e. The zero-order valence-electron chi connectivity index (χ0n) is 10.5. The van der Waals surface area contributed by atoms with Crippen molar-refractivity contribution < 1.29 is 25.9 Å². The number of nitrogens with one attached hydrogen (secondary N) is 1. The fourth-order valence-corrected chi connectivity index (χ4v) is 5.24. The summed E-state index contributed by atoms with van der Waals surface area (Å²) in [7, 11) is -10.4. The summed E-state index contributed by atoms with van der Waals surface area (Å²) in [6.45, 7) is 1.16. The first-order valence-electron chi connectivity index (χ1n) is 5.32. The highest BCUT2D eigenvalue weighted by Crippen LogP contribution is 2.38. The van der Waals surface area contributed by atoms with Crippen LogP contribution in [0.2, 0.25) is 0 Å². The van der Waals surface area contributed by atoms with E-state index in [0.717, 1.165) is 6.92 Å². The monoisotopic (exact) mass is 466 g/mol. The molecule has 21 heavy (non-hydrogen) atoms. The van der Waals surface area contributed by atoms with E-state index in [1.54, 1.807) is 0 Å². The minimum atomic E-state index is -5.21. The Balaban J connectivity index is 3.62. The molecule has 120 valence electrons. The second-order valence-electron chi connectivity index (χ2n) is 4.03. The van der Waals surface area contributed by atoms with Gasteiger partial charge in [-0.1, -0.05) is 22.9 Å². The zero-order chi connectivity index (χ0) is 16.6. The van der Waals surface area contributed by atoms with Crippen molar-refractivity contribution in [1.82, 2.24) is 0 Å². The molecule has 5 N–H and O–H groups in total. The second kappa shape index (κ2) is 6.01. The van der Waals surface area contributed by atoms with Crippen LogP contribution >= 0.6 is 31.9 Å². The highest BCUT2D eigenvalue weighted by Gasteiger charge is 2.54. The number of halogens is 2. The van der Waals surface area contributed by atoms with Gasteiger partial charge in [0.25, 0.3) is 4.20 Å². The third kappa shape index (κ3) is 3.51. The molecule has 0 heterocycles. The van der Waals surface area contributed by atoms with E-state index < -0.39 is 30.9 Å². The predicted octanol–water partition coefficient (Wildman–Crippen LogP) is 2.05. The molecule has 0 aliphatic carbocycles. The van der Waals surface area contributed by atoms with Crippen LogP contribution in [0.5, 0.6) is 0 Å². The molecule has 0 aromatic heterocycles. The lowest BCUT2D eigenvalue weighted by atomic mass is 10.2. The van der Waals surface area contributed by atoms with Gasteiger partial charge in [-0.25, -0.2) is 0 Å². The Hall–Kier alpha value is -0.400. The summed E-state index contributed by atoms with van der Waals surface area (Å²) in [5.41, 5.74) is 5.59. The quantitative estimate of drug-likeness (QED) is 0.380. The van der Waals surface area contributed by atoms with Gasteiger partial charge in [0.1, 0.15) is 0 Å². The van der Waals surface area contributed by atoms with Gasteiger partial charge in [0.2, 0.25) is 0 Å². The number of hydrogen-bond donors (Lipinski definition) is 4. The molecule has 0 aliphatic rings. The average Bonchev–Trinajstić information content (AvgIpc) is 2.24. The highest BCUT2D eigenvalue weighted by atomic mass is 79.9. The average molecular weight is 468 g/mol. The van der Waals surface area contributed by atoms with Crippen LogP contribution in [0.4, 0.5) is 11.4 Å². The summed E-state index contributed by atoms with van der Waals surface area (Å²) >= 11 is 6.24. The third-order valence-electron chi connectivity index (χ3n) is 2.70. The Morgan fingerprint density at radius 2 is 1.67 bits per heavy atom. The van der Waals surface area contributed by atoms with Crippen molar-refractivity contribution in [2.45, 2.75) is 17.5 Å². The second-order valence-corrected chi connectivity index (χ2v) is 9.36. The fraction of sp³-hybridized carbons (Fsp3) is 0.333. The van der Waals surface area contributed by atoms with Crippen LogP contribution in [0.3, 0.4) is 0 Å². The molecule has 1 aromatic rings. The number of rotatable bonds is 5. The summed E-state index contributed by atoms with van der Waals surface area (Å²) in [6.07, 6.45) is -0.660. The van der Waals surface area contributed by atoms with Crippen molar-refractivity contribution in [3.05, 3.63) is 21.1 Å². The van der Waals surface area contributed by atoms with Crippen LogP contribution in [-0.2, 0) is 20.2 Å². The predicted molar refractivity (Wildman–Crippen MR) is 86.0 cm³/mol. The molecule has 0 unspecified atom stereocenters. The van der Waals surface area contributed by atoms with Gasteiger partial charge in [0, 0.05) is 15.4 Å². The van der Waals surface area contributed by atoms with E-state index in [0.29, 0.717) is 4.47 Å². The largest absolute Gasteiger partial charge is 0.397 e. The standard InChI is InChI=1S/C9H12Br2N2O6S2/c1-2-9(20(14,15)16,21(17,18)19)13-8-6(11)3-5(10)4-7(8)12/h3-4,13H,2,12H2,1H3,(H,14,15,16)(H,17,18,19). The molecule has 1 rings (SSSR count). The van der Waals surface area contributed by atoms with E-state index >= 15 is 0 Å². The number of nitrogens with two attached hydrogens (primary N) is 1. The highest BCUT2D eigenvalue weighted by molar-refractivity contribution is 9.11. The summed E-state index contributed by atoms with van der Waals surface area (Å²) in [4.78, 5) is 0. The Bertz CT molecular complexity index is 707. The third-order valence-corrected chi connectivity index (χ3v) is 7.49. The fourth-order valence-electron chi connectivity index (χ4n) is 1.63. The Labute approximate surface area is 138 Å². The molecule has 0 saturated heterocycles. The van der Waals surface area contributed by atoms with E-state index in [1.165, 1.54) is 12.1 Å². The first-order chi connectivity index (χ1) is 9.35. The van der Waals surface area contributed by atoms with E-state index in [4.69, 9.17) is 5.73 Å². The Morgan fingerprint density at radius 1 is 1.19 bits per heavy atom. The first-order valence-corrected chi connectivity index (χ1v) is 9.79. The van der Waals surface area contributed by atoms with Gasteiger partial charge in [-0.2, -0.15) is 16.8 Å².